The number of amides is 1. The Bertz CT molecular complexity index is 1120. The van der Waals surface area contributed by atoms with E-state index in [0.717, 1.165) is 16.5 Å². The summed E-state index contributed by atoms with van der Waals surface area (Å²) in [7, 11) is 0. The molecule has 32 heavy (non-hydrogen) atoms. The van der Waals surface area contributed by atoms with Crippen LogP contribution in [0, 0.1) is 0 Å². The fourth-order valence-corrected chi connectivity index (χ4v) is 4.01. The molecule has 0 radical (unpaired) electrons. The second-order valence-corrected chi connectivity index (χ2v) is 8.17. The van der Waals surface area contributed by atoms with Crippen LogP contribution in [0.15, 0.2) is 78.9 Å². The van der Waals surface area contributed by atoms with Crippen LogP contribution in [0.1, 0.15) is 29.0 Å². The van der Waals surface area contributed by atoms with E-state index in [-0.39, 0.29) is 12.5 Å². The molecule has 9 heteroatoms. The van der Waals surface area contributed by atoms with Gasteiger partial charge in [-0.25, -0.2) is 9.85 Å². The molecular weight excluding hydrogens is 455 g/mol. The van der Waals surface area contributed by atoms with Crippen molar-refractivity contribution in [2.24, 2.45) is 0 Å². The van der Waals surface area contributed by atoms with Crippen molar-refractivity contribution in [3.63, 3.8) is 0 Å². The Morgan fingerprint density at radius 3 is 2.28 bits per heavy atom. The largest absolute Gasteiger partial charge is 0.361 e. The summed E-state index contributed by atoms with van der Waals surface area (Å²) in [5, 5.41) is 3.30. The molecule has 0 bridgehead atoms. The normalized spacial score (nSPS) is 23.4. The first-order chi connectivity index (χ1) is 15.6. The summed E-state index contributed by atoms with van der Waals surface area (Å²) in [6.07, 6.45) is -1.63. The molecule has 2 aliphatic rings. The molecule has 1 unspecified atom stereocenters. The summed E-state index contributed by atoms with van der Waals surface area (Å²) >= 11 is 12.2. The third-order valence-electron chi connectivity index (χ3n) is 5.16. The van der Waals surface area contributed by atoms with Crippen LogP contribution in [0.2, 0.25) is 10.0 Å². The van der Waals surface area contributed by atoms with E-state index in [1.807, 2.05) is 42.5 Å². The van der Waals surface area contributed by atoms with Gasteiger partial charge in [-0.05, 0) is 35.4 Å². The van der Waals surface area contributed by atoms with E-state index in [4.69, 9.17) is 42.7 Å². The molecule has 2 aliphatic heterocycles. The van der Waals surface area contributed by atoms with Gasteiger partial charge < -0.3 is 4.74 Å². The highest BCUT2D eigenvalue weighted by molar-refractivity contribution is 6.30. The number of carbonyl (C=O) groups is 1. The molecule has 3 aromatic carbocycles. The molecule has 164 valence electrons. The molecular formula is C23H18Cl2N2O5. The molecule has 2 fully saturated rings. The zero-order valence-electron chi connectivity index (χ0n) is 16.6. The van der Waals surface area contributed by atoms with E-state index in [2.05, 4.69) is 0 Å². The van der Waals surface area contributed by atoms with Crippen molar-refractivity contribution in [1.29, 1.82) is 0 Å². The van der Waals surface area contributed by atoms with Gasteiger partial charge in [0, 0.05) is 15.6 Å². The molecule has 1 amide bonds. The molecule has 3 atom stereocenters. The monoisotopic (exact) mass is 472 g/mol. The van der Waals surface area contributed by atoms with Gasteiger partial charge in [0.1, 0.15) is 6.04 Å². The van der Waals surface area contributed by atoms with Gasteiger partial charge in [-0.15, -0.1) is 0 Å². The minimum atomic E-state index is -0.884. The van der Waals surface area contributed by atoms with E-state index in [1.54, 1.807) is 36.4 Å². The summed E-state index contributed by atoms with van der Waals surface area (Å²) in [5.41, 5.74) is 2.37. The molecule has 0 aliphatic carbocycles. The van der Waals surface area contributed by atoms with Crippen LogP contribution in [0.25, 0.3) is 0 Å². The van der Waals surface area contributed by atoms with Crippen molar-refractivity contribution >= 4 is 29.1 Å². The van der Waals surface area contributed by atoms with Gasteiger partial charge >= 0.3 is 0 Å². The summed E-state index contributed by atoms with van der Waals surface area (Å²) in [4.78, 5) is 29.2. The number of benzene rings is 3. The topological polar surface area (TPSA) is 60.5 Å². The van der Waals surface area contributed by atoms with Crippen molar-refractivity contribution in [3.05, 3.63) is 106 Å². The zero-order chi connectivity index (χ0) is 22.1. The average molecular weight is 473 g/mol. The number of carbonyl (C=O) groups excluding carboxylic acids is 1. The van der Waals surface area contributed by atoms with Crippen LogP contribution in [0.3, 0.4) is 0 Å². The molecule has 0 saturated carbocycles. The highest BCUT2D eigenvalue weighted by Crippen LogP contribution is 2.42. The minimum absolute atomic E-state index is 0.283. The van der Waals surface area contributed by atoms with E-state index in [0.29, 0.717) is 15.6 Å². The maximum absolute atomic E-state index is 13.0. The first kappa shape index (κ1) is 21.4. The van der Waals surface area contributed by atoms with Crippen molar-refractivity contribution < 1.29 is 24.2 Å². The second kappa shape index (κ2) is 9.17. The predicted molar refractivity (Wildman–Crippen MR) is 115 cm³/mol. The molecule has 2 saturated heterocycles. The van der Waals surface area contributed by atoms with Crippen LogP contribution in [0.4, 0.5) is 0 Å². The fourth-order valence-electron chi connectivity index (χ4n) is 3.61. The first-order valence-electron chi connectivity index (χ1n) is 9.90. The summed E-state index contributed by atoms with van der Waals surface area (Å²) < 4.78 is 5.97. The predicted octanol–water partition coefficient (Wildman–Crippen LogP) is 5.19. The second-order valence-electron chi connectivity index (χ2n) is 7.30. The summed E-state index contributed by atoms with van der Waals surface area (Å²) in [6.45, 7) is 0.283. The summed E-state index contributed by atoms with van der Waals surface area (Å²) in [6, 6.07) is 23.3. The number of rotatable bonds is 6. The summed E-state index contributed by atoms with van der Waals surface area (Å²) in [5.74, 6) is -0.332. The Labute approximate surface area is 194 Å². The molecule has 0 aromatic heterocycles. The number of β-lactam (4-membered cyclic amide) rings is 1. The van der Waals surface area contributed by atoms with E-state index in [9.17, 15) is 4.79 Å². The van der Waals surface area contributed by atoms with E-state index < -0.39 is 18.4 Å². The lowest BCUT2D eigenvalue weighted by Gasteiger charge is -2.47. The lowest BCUT2D eigenvalue weighted by atomic mass is 9.92. The lowest BCUT2D eigenvalue weighted by molar-refractivity contribution is -0.492. The smallest absolute Gasteiger partial charge is 0.273 e. The van der Waals surface area contributed by atoms with Crippen molar-refractivity contribution in [2.45, 2.75) is 25.0 Å². The molecule has 7 nitrogen and oxygen atoms in total. The molecule has 5 rings (SSSR count). The maximum Gasteiger partial charge on any atom is 0.273 e. The standard InChI is InChI=1S/C23H18Cl2N2O5/c24-18-10-4-8-16(12-18)20-21(29-14-15-6-2-1-3-7-15)22(28)26(20)27-30-23(31-32-27)17-9-5-11-19(25)13-17/h1-13,20-21,23H,14H2/t20-,21+,23?/m1/s1. The lowest BCUT2D eigenvalue weighted by Crippen LogP contribution is -2.64. The fraction of sp³-hybridized carbons (Fsp3) is 0.174. The van der Waals surface area contributed by atoms with Crippen molar-refractivity contribution in [2.75, 3.05) is 0 Å². The number of hydrazine groups is 1. The van der Waals surface area contributed by atoms with Crippen molar-refractivity contribution in [3.8, 4) is 0 Å². The van der Waals surface area contributed by atoms with E-state index >= 15 is 0 Å². The first-order valence-corrected chi connectivity index (χ1v) is 10.7. The van der Waals surface area contributed by atoms with Gasteiger partial charge in [0.05, 0.1) is 11.9 Å². The third kappa shape index (κ3) is 4.24. The highest BCUT2D eigenvalue weighted by atomic mass is 35.5. The van der Waals surface area contributed by atoms with Gasteiger partial charge in [-0.1, -0.05) is 82.8 Å². The van der Waals surface area contributed by atoms with E-state index in [1.165, 1.54) is 5.01 Å². The molecule has 0 N–H and O–H groups in total. The van der Waals surface area contributed by atoms with Crippen LogP contribution in [-0.2, 0) is 30.9 Å². The van der Waals surface area contributed by atoms with Gasteiger partial charge in [0.2, 0.25) is 6.29 Å². The Morgan fingerprint density at radius 1 is 0.875 bits per heavy atom. The number of ether oxygens (including phenoxy) is 1. The Hall–Kier alpha value is -2.49. The molecule has 0 spiro atoms. The number of hydrogen-bond acceptors (Lipinski definition) is 6. The highest BCUT2D eigenvalue weighted by Gasteiger charge is 2.55. The van der Waals surface area contributed by atoms with Gasteiger partial charge in [0.15, 0.2) is 6.10 Å². The van der Waals surface area contributed by atoms with Crippen LogP contribution in [-0.4, -0.2) is 22.4 Å². The molecule has 2 heterocycles. The molecule has 3 aromatic rings. The van der Waals surface area contributed by atoms with Crippen LogP contribution < -0.4 is 0 Å². The number of nitrogens with zero attached hydrogens (tertiary/aromatic N) is 2. The average Bonchev–Trinajstić information content (AvgIpc) is 3.27. The quantitative estimate of drug-likeness (QED) is 0.363. The Balaban J connectivity index is 1.35. The van der Waals surface area contributed by atoms with Crippen LogP contribution >= 0.6 is 23.2 Å². The Morgan fingerprint density at radius 2 is 1.56 bits per heavy atom. The third-order valence-corrected chi connectivity index (χ3v) is 5.63. The number of halogens is 2. The number of hydrogen-bond donors (Lipinski definition) is 0. The van der Waals surface area contributed by atoms with Crippen molar-refractivity contribution in [1.82, 2.24) is 10.3 Å². The van der Waals surface area contributed by atoms with Gasteiger partial charge in [-0.3, -0.25) is 4.79 Å². The Kier molecular flexibility index (Phi) is 6.12. The SMILES string of the molecule is O=C1[C@@H](OCc2ccccc2)[C@@H](c2cccc(Cl)c2)N1N1OOC(c2cccc(Cl)c2)O1. The maximum atomic E-state index is 13.0. The van der Waals surface area contributed by atoms with Crippen LogP contribution in [0.5, 0.6) is 0 Å². The zero-order valence-corrected chi connectivity index (χ0v) is 18.1. The van der Waals surface area contributed by atoms with Gasteiger partial charge in [0.25, 0.3) is 5.91 Å². The van der Waals surface area contributed by atoms with Gasteiger partial charge in [-0.2, -0.15) is 4.89 Å². The minimum Gasteiger partial charge on any atom is -0.361 e.